The van der Waals surface area contributed by atoms with E-state index in [4.69, 9.17) is 11.6 Å². The van der Waals surface area contributed by atoms with Gasteiger partial charge in [-0.15, -0.1) is 0 Å². The molecule has 0 atom stereocenters. The van der Waals surface area contributed by atoms with Gasteiger partial charge in [0.15, 0.2) is 0 Å². The highest BCUT2D eigenvalue weighted by Gasteiger charge is 2.24. The zero-order chi connectivity index (χ0) is 19.3. The minimum absolute atomic E-state index is 0.0141. The van der Waals surface area contributed by atoms with Gasteiger partial charge in [0.2, 0.25) is 15.9 Å². The third kappa shape index (κ3) is 4.96. The van der Waals surface area contributed by atoms with Crippen LogP contribution in [0.25, 0.3) is 0 Å². The monoisotopic (exact) mass is 396 g/mol. The van der Waals surface area contributed by atoms with Crippen LogP contribution in [0.4, 0.5) is 11.4 Å². The normalized spacial score (nSPS) is 10.9. The van der Waals surface area contributed by atoms with Crippen molar-refractivity contribution in [3.05, 3.63) is 59.1 Å². The van der Waals surface area contributed by atoms with E-state index in [2.05, 4.69) is 10.1 Å². The third-order valence-corrected chi connectivity index (χ3v) is 4.83. The Kier molecular flexibility index (Phi) is 6.23. The number of nitrogens with one attached hydrogen (secondary N) is 1. The number of amides is 1. The molecule has 0 saturated heterocycles. The molecule has 0 radical (unpaired) electrons. The molecule has 1 amide bonds. The Morgan fingerprint density at radius 3 is 2.38 bits per heavy atom. The second-order valence-electron chi connectivity index (χ2n) is 5.34. The van der Waals surface area contributed by atoms with Gasteiger partial charge < -0.3 is 10.1 Å². The first-order chi connectivity index (χ1) is 12.2. The fourth-order valence-electron chi connectivity index (χ4n) is 2.18. The molecule has 0 aliphatic carbocycles. The molecule has 0 aliphatic heterocycles. The summed E-state index contributed by atoms with van der Waals surface area (Å²) in [5.41, 5.74) is 0.657. The number of nitrogens with zero attached hydrogens (tertiary/aromatic N) is 1. The van der Waals surface area contributed by atoms with E-state index in [9.17, 15) is 18.0 Å². The summed E-state index contributed by atoms with van der Waals surface area (Å²) < 4.78 is 29.8. The van der Waals surface area contributed by atoms with Crippen LogP contribution in [-0.4, -0.2) is 40.2 Å². The highest BCUT2D eigenvalue weighted by molar-refractivity contribution is 7.92. The van der Waals surface area contributed by atoms with Gasteiger partial charge in [0.05, 0.1) is 29.6 Å². The molecule has 0 bridgehead atoms. The van der Waals surface area contributed by atoms with Gasteiger partial charge in [-0.2, -0.15) is 0 Å². The molecule has 9 heteroatoms. The van der Waals surface area contributed by atoms with Crippen LogP contribution in [-0.2, 0) is 19.6 Å². The second-order valence-corrected chi connectivity index (χ2v) is 7.66. The quantitative estimate of drug-likeness (QED) is 0.757. The number of benzene rings is 2. The molecule has 0 fully saturated rings. The van der Waals surface area contributed by atoms with Crippen LogP contribution in [0.3, 0.4) is 0 Å². The van der Waals surface area contributed by atoms with Crippen LogP contribution in [0, 0.1) is 0 Å². The van der Waals surface area contributed by atoms with Crippen molar-refractivity contribution in [3.8, 4) is 0 Å². The minimum atomic E-state index is -3.84. The molecule has 0 spiro atoms. The smallest absolute Gasteiger partial charge is 0.337 e. The summed E-state index contributed by atoms with van der Waals surface area (Å²) >= 11 is 6.10. The van der Waals surface area contributed by atoms with Gasteiger partial charge in [-0.05, 0) is 30.3 Å². The standard InChI is InChI=1S/C17H17ClN2O5S/c1-25-17(22)12-8-9-14(18)15(10-12)20(26(2,23)24)11-16(21)19-13-6-4-3-5-7-13/h3-10H,11H2,1-2H3,(H,19,21). The van der Waals surface area contributed by atoms with E-state index in [1.165, 1.54) is 25.3 Å². The van der Waals surface area contributed by atoms with Gasteiger partial charge in [0.25, 0.3) is 0 Å². The predicted octanol–water partition coefficient (Wildman–Crippen LogP) is 2.53. The highest BCUT2D eigenvalue weighted by atomic mass is 35.5. The molecule has 0 aliphatic rings. The van der Waals surface area contributed by atoms with Crippen molar-refractivity contribution in [1.82, 2.24) is 0 Å². The summed E-state index contributed by atoms with van der Waals surface area (Å²) in [4.78, 5) is 24.0. The van der Waals surface area contributed by atoms with Crippen molar-refractivity contribution in [3.63, 3.8) is 0 Å². The fourth-order valence-corrected chi connectivity index (χ4v) is 3.31. The number of rotatable bonds is 6. The third-order valence-electron chi connectivity index (χ3n) is 3.38. The number of carbonyl (C=O) groups excluding carboxylic acids is 2. The van der Waals surface area contributed by atoms with Crippen LogP contribution < -0.4 is 9.62 Å². The first kappa shape index (κ1) is 19.7. The van der Waals surface area contributed by atoms with E-state index < -0.39 is 28.4 Å². The lowest BCUT2D eigenvalue weighted by atomic mass is 10.2. The first-order valence-electron chi connectivity index (χ1n) is 7.43. The summed E-state index contributed by atoms with van der Waals surface area (Å²) in [6.45, 7) is -0.502. The number of ether oxygens (including phenoxy) is 1. The molecule has 7 nitrogen and oxygen atoms in total. The molecule has 2 aromatic carbocycles. The number of hydrogen-bond acceptors (Lipinski definition) is 5. The van der Waals surface area contributed by atoms with E-state index in [1.807, 2.05) is 0 Å². The maximum atomic E-state index is 12.3. The Hall–Kier alpha value is -2.58. The molecule has 26 heavy (non-hydrogen) atoms. The number of esters is 1. The number of carbonyl (C=O) groups is 2. The van der Waals surface area contributed by atoms with Crippen LogP contribution in [0.5, 0.6) is 0 Å². The van der Waals surface area contributed by atoms with Crippen LogP contribution in [0.2, 0.25) is 5.02 Å². The number of anilines is 2. The van der Waals surface area contributed by atoms with Crippen molar-refractivity contribution in [1.29, 1.82) is 0 Å². The molecule has 0 heterocycles. The number of methoxy groups -OCH3 is 1. The average Bonchev–Trinajstić information content (AvgIpc) is 2.59. The summed E-state index contributed by atoms with van der Waals surface area (Å²) in [6.07, 6.45) is 0.948. The predicted molar refractivity (Wildman–Crippen MR) is 100 cm³/mol. The second kappa shape index (κ2) is 8.20. The molecule has 1 N–H and O–H groups in total. The van der Waals surface area contributed by atoms with Crippen molar-refractivity contribution in [2.24, 2.45) is 0 Å². The lowest BCUT2D eigenvalue weighted by Gasteiger charge is -2.23. The molecular weight excluding hydrogens is 380 g/mol. The van der Waals surface area contributed by atoms with Gasteiger partial charge in [0, 0.05) is 5.69 Å². The maximum Gasteiger partial charge on any atom is 0.337 e. The average molecular weight is 397 g/mol. The van der Waals surface area contributed by atoms with E-state index in [1.54, 1.807) is 30.3 Å². The summed E-state index contributed by atoms with van der Waals surface area (Å²) in [5, 5.41) is 2.68. The summed E-state index contributed by atoms with van der Waals surface area (Å²) in [6, 6.07) is 12.7. The maximum absolute atomic E-state index is 12.3. The van der Waals surface area contributed by atoms with Crippen molar-refractivity contribution in [2.45, 2.75) is 0 Å². The van der Waals surface area contributed by atoms with Gasteiger partial charge in [-0.25, -0.2) is 13.2 Å². The molecule has 0 aromatic heterocycles. The lowest BCUT2D eigenvalue weighted by Crippen LogP contribution is -2.37. The van der Waals surface area contributed by atoms with Gasteiger partial charge in [0.1, 0.15) is 6.54 Å². The van der Waals surface area contributed by atoms with Crippen molar-refractivity contribution >= 4 is 44.9 Å². The largest absolute Gasteiger partial charge is 0.465 e. The van der Waals surface area contributed by atoms with Gasteiger partial charge >= 0.3 is 5.97 Å². The molecule has 138 valence electrons. The highest BCUT2D eigenvalue weighted by Crippen LogP contribution is 2.29. The first-order valence-corrected chi connectivity index (χ1v) is 9.65. The number of sulfonamides is 1. The minimum Gasteiger partial charge on any atom is -0.465 e. The van der Waals surface area contributed by atoms with Gasteiger partial charge in [-0.1, -0.05) is 29.8 Å². The number of para-hydroxylation sites is 1. The Balaban J connectivity index is 2.34. The Morgan fingerprint density at radius 1 is 1.15 bits per heavy atom. The molecular formula is C17H17ClN2O5S. The molecule has 2 rings (SSSR count). The topological polar surface area (TPSA) is 92.8 Å². The zero-order valence-corrected chi connectivity index (χ0v) is 15.7. The Bertz CT molecular complexity index is 916. The fraction of sp³-hybridized carbons (Fsp3) is 0.176. The summed E-state index contributed by atoms with van der Waals surface area (Å²) in [7, 11) is -2.63. The van der Waals surface area contributed by atoms with Crippen LogP contribution >= 0.6 is 11.6 Å². The number of hydrogen-bond donors (Lipinski definition) is 1. The molecule has 0 saturated carbocycles. The van der Waals surface area contributed by atoms with Crippen molar-refractivity contribution < 1.29 is 22.7 Å². The zero-order valence-electron chi connectivity index (χ0n) is 14.1. The Labute approximate surface area is 156 Å². The van der Waals surface area contributed by atoms with E-state index in [0.717, 1.165) is 10.6 Å². The van der Waals surface area contributed by atoms with Crippen LogP contribution in [0.15, 0.2) is 48.5 Å². The SMILES string of the molecule is COC(=O)c1ccc(Cl)c(N(CC(=O)Nc2ccccc2)S(C)(=O)=O)c1. The van der Waals surface area contributed by atoms with Crippen molar-refractivity contribution in [2.75, 3.05) is 29.5 Å². The van der Waals surface area contributed by atoms with E-state index in [-0.39, 0.29) is 16.3 Å². The Morgan fingerprint density at radius 2 is 1.81 bits per heavy atom. The molecule has 2 aromatic rings. The van der Waals surface area contributed by atoms with E-state index in [0.29, 0.717) is 5.69 Å². The number of halogens is 1. The summed E-state index contributed by atoms with van der Waals surface area (Å²) in [5.74, 6) is -1.20. The molecule has 0 unspecified atom stereocenters. The lowest BCUT2D eigenvalue weighted by molar-refractivity contribution is -0.114. The van der Waals surface area contributed by atoms with Crippen LogP contribution in [0.1, 0.15) is 10.4 Å². The van der Waals surface area contributed by atoms with E-state index >= 15 is 0 Å². The van der Waals surface area contributed by atoms with Gasteiger partial charge in [-0.3, -0.25) is 9.10 Å².